The Morgan fingerprint density at radius 1 is 1.28 bits per heavy atom. The van der Waals surface area contributed by atoms with Crippen LogP contribution in [0.4, 0.5) is 5.69 Å². The van der Waals surface area contributed by atoms with Crippen LogP contribution in [0.1, 0.15) is 12.5 Å². The van der Waals surface area contributed by atoms with E-state index in [1.807, 2.05) is 6.07 Å². The molecule has 2 aromatic carbocycles. The van der Waals surface area contributed by atoms with Crippen LogP contribution >= 0.6 is 11.6 Å². The molecule has 0 unspecified atom stereocenters. The summed E-state index contributed by atoms with van der Waals surface area (Å²) in [6.45, 7) is 1.14. The van der Waals surface area contributed by atoms with Crippen LogP contribution in [0.15, 0.2) is 48.5 Å². The number of hydrogen-bond donors (Lipinski definition) is 1. The summed E-state index contributed by atoms with van der Waals surface area (Å²) in [7, 11) is 0. The van der Waals surface area contributed by atoms with Gasteiger partial charge in [-0.2, -0.15) is 10.1 Å². The van der Waals surface area contributed by atoms with E-state index in [-0.39, 0.29) is 6.54 Å². The Bertz CT molecular complexity index is 1070. The van der Waals surface area contributed by atoms with Gasteiger partial charge in [0.2, 0.25) is 5.82 Å². The highest BCUT2D eigenvalue weighted by atomic mass is 35.5. The maximum Gasteiger partial charge on any atom is 0.330 e. The molecule has 1 amide bonds. The van der Waals surface area contributed by atoms with Gasteiger partial charge in [0.25, 0.3) is 5.91 Å². The van der Waals surface area contributed by atoms with Crippen LogP contribution in [-0.2, 0) is 20.9 Å². The molecule has 0 saturated heterocycles. The highest BCUT2D eigenvalue weighted by molar-refractivity contribution is 6.30. The number of halogens is 1. The van der Waals surface area contributed by atoms with Crippen LogP contribution < -0.4 is 5.32 Å². The van der Waals surface area contributed by atoms with E-state index in [1.165, 1.54) is 13.0 Å². The average Bonchev–Trinajstić information content (AvgIpc) is 3.16. The predicted octanol–water partition coefficient (Wildman–Crippen LogP) is 2.44. The van der Waals surface area contributed by atoms with Gasteiger partial charge in [-0.3, -0.25) is 4.79 Å². The summed E-state index contributed by atoms with van der Waals surface area (Å²) in [6.07, 6.45) is -1.05. The molecule has 1 heterocycles. The number of aromatic nitrogens is 4. The molecule has 1 aromatic heterocycles. The molecule has 3 rings (SSSR count). The van der Waals surface area contributed by atoms with Crippen molar-refractivity contribution in [3.8, 4) is 17.5 Å². The molecular weight excluding hydrogens is 396 g/mol. The van der Waals surface area contributed by atoms with Crippen molar-refractivity contribution in [1.29, 1.82) is 5.26 Å². The fourth-order valence-electron chi connectivity index (χ4n) is 2.34. The number of anilines is 1. The molecule has 1 atom stereocenters. The van der Waals surface area contributed by atoms with Crippen molar-refractivity contribution in [3.63, 3.8) is 0 Å². The number of esters is 1. The van der Waals surface area contributed by atoms with Gasteiger partial charge >= 0.3 is 5.97 Å². The average molecular weight is 411 g/mol. The van der Waals surface area contributed by atoms with Gasteiger partial charge in [0.1, 0.15) is 0 Å². The number of ether oxygens (including phenoxy) is 1. The fourth-order valence-corrected chi connectivity index (χ4v) is 2.46. The second-order valence-electron chi connectivity index (χ2n) is 5.96. The molecular formula is C19H15ClN6O3. The first-order chi connectivity index (χ1) is 13.9. The first-order valence-corrected chi connectivity index (χ1v) is 8.86. The van der Waals surface area contributed by atoms with Gasteiger partial charge < -0.3 is 10.1 Å². The van der Waals surface area contributed by atoms with Gasteiger partial charge in [0.05, 0.1) is 11.6 Å². The molecule has 29 heavy (non-hydrogen) atoms. The number of nitriles is 1. The van der Waals surface area contributed by atoms with E-state index in [0.717, 1.165) is 4.80 Å². The monoisotopic (exact) mass is 410 g/mol. The van der Waals surface area contributed by atoms with Crippen molar-refractivity contribution in [2.45, 2.75) is 19.6 Å². The number of rotatable bonds is 6. The lowest BCUT2D eigenvalue weighted by molar-refractivity contribution is -0.154. The van der Waals surface area contributed by atoms with Crippen LogP contribution in [-0.4, -0.2) is 38.2 Å². The largest absolute Gasteiger partial charge is 0.451 e. The lowest BCUT2D eigenvalue weighted by Crippen LogP contribution is -2.31. The van der Waals surface area contributed by atoms with Crippen molar-refractivity contribution >= 4 is 29.2 Å². The summed E-state index contributed by atoms with van der Waals surface area (Å²) < 4.78 is 5.11. The van der Waals surface area contributed by atoms with Crippen LogP contribution in [0.3, 0.4) is 0 Å². The Morgan fingerprint density at radius 3 is 2.76 bits per heavy atom. The smallest absolute Gasteiger partial charge is 0.330 e. The van der Waals surface area contributed by atoms with Crippen LogP contribution in [0, 0.1) is 11.3 Å². The number of benzene rings is 2. The summed E-state index contributed by atoms with van der Waals surface area (Å²) in [6, 6.07) is 15.2. The normalized spacial score (nSPS) is 11.3. The summed E-state index contributed by atoms with van der Waals surface area (Å²) in [5.74, 6) is -0.891. The molecule has 1 N–H and O–H groups in total. The molecule has 0 fully saturated rings. The highest BCUT2D eigenvalue weighted by Gasteiger charge is 2.19. The Kier molecular flexibility index (Phi) is 6.16. The maximum absolute atomic E-state index is 12.2. The molecule has 0 aliphatic rings. The van der Waals surface area contributed by atoms with Crippen LogP contribution in [0.5, 0.6) is 0 Å². The SMILES string of the molecule is C[C@H](OC(=O)Cn1nnc(-c2ccc(Cl)cc2)n1)C(=O)Nc1cccc(C#N)c1. The summed E-state index contributed by atoms with van der Waals surface area (Å²) in [4.78, 5) is 25.3. The Hall–Kier alpha value is -3.77. The first kappa shape index (κ1) is 20.0. The van der Waals surface area contributed by atoms with E-state index >= 15 is 0 Å². The molecule has 0 radical (unpaired) electrons. The lowest BCUT2D eigenvalue weighted by Gasteiger charge is -2.13. The van der Waals surface area contributed by atoms with Gasteiger partial charge in [-0.05, 0) is 54.6 Å². The Morgan fingerprint density at radius 2 is 2.03 bits per heavy atom. The van der Waals surface area contributed by atoms with E-state index in [4.69, 9.17) is 21.6 Å². The Balaban J connectivity index is 1.55. The summed E-state index contributed by atoms with van der Waals surface area (Å²) in [5, 5.41) is 23.9. The molecule has 0 bridgehead atoms. The third-order valence-corrected chi connectivity index (χ3v) is 4.01. The van der Waals surface area contributed by atoms with Crippen molar-refractivity contribution in [1.82, 2.24) is 20.2 Å². The fraction of sp³-hybridized carbons (Fsp3) is 0.158. The zero-order valence-electron chi connectivity index (χ0n) is 15.2. The van der Waals surface area contributed by atoms with E-state index in [2.05, 4.69) is 20.7 Å². The topological polar surface area (TPSA) is 123 Å². The summed E-state index contributed by atoms with van der Waals surface area (Å²) in [5.41, 5.74) is 1.53. The van der Waals surface area contributed by atoms with Crippen molar-refractivity contribution in [2.75, 3.05) is 5.32 Å². The van der Waals surface area contributed by atoms with Gasteiger partial charge in [-0.1, -0.05) is 17.7 Å². The van der Waals surface area contributed by atoms with Gasteiger partial charge in [-0.25, -0.2) is 4.79 Å². The number of nitrogens with one attached hydrogen (secondary N) is 1. The number of hydrogen-bond acceptors (Lipinski definition) is 7. The van der Waals surface area contributed by atoms with Crippen molar-refractivity contribution < 1.29 is 14.3 Å². The number of tetrazole rings is 1. The third kappa shape index (κ3) is 5.37. The number of carbonyl (C=O) groups is 2. The molecule has 3 aromatic rings. The number of carbonyl (C=O) groups excluding carboxylic acids is 2. The molecule has 146 valence electrons. The molecule has 0 aliphatic carbocycles. The second-order valence-corrected chi connectivity index (χ2v) is 6.40. The number of nitrogens with zero attached hydrogens (tertiary/aromatic N) is 5. The molecule has 0 saturated carbocycles. The van der Waals surface area contributed by atoms with Crippen LogP contribution in [0.2, 0.25) is 5.02 Å². The third-order valence-electron chi connectivity index (χ3n) is 3.76. The first-order valence-electron chi connectivity index (χ1n) is 8.49. The predicted molar refractivity (Wildman–Crippen MR) is 104 cm³/mol. The van der Waals surface area contributed by atoms with E-state index < -0.39 is 18.0 Å². The van der Waals surface area contributed by atoms with E-state index in [0.29, 0.717) is 27.7 Å². The van der Waals surface area contributed by atoms with E-state index in [9.17, 15) is 9.59 Å². The van der Waals surface area contributed by atoms with Crippen LogP contribution in [0.25, 0.3) is 11.4 Å². The Labute approximate surface area is 170 Å². The van der Waals surface area contributed by atoms with Gasteiger partial charge in [0, 0.05) is 16.3 Å². The minimum atomic E-state index is -1.05. The highest BCUT2D eigenvalue weighted by Crippen LogP contribution is 2.17. The standard InChI is InChI=1S/C19H15ClN6O3/c1-12(19(28)22-16-4-2-3-13(9-16)10-21)29-17(27)11-26-24-18(23-25-26)14-5-7-15(20)8-6-14/h2-9,12H,11H2,1H3,(H,22,28)/t12-/m0/s1. The zero-order chi connectivity index (χ0) is 20.8. The number of amides is 1. The molecule has 0 spiro atoms. The maximum atomic E-state index is 12.2. The second kappa shape index (κ2) is 8.95. The summed E-state index contributed by atoms with van der Waals surface area (Å²) >= 11 is 5.84. The molecule has 10 heteroatoms. The van der Waals surface area contributed by atoms with Gasteiger partial charge in [-0.15, -0.1) is 10.2 Å². The lowest BCUT2D eigenvalue weighted by atomic mass is 10.2. The van der Waals surface area contributed by atoms with E-state index in [1.54, 1.807) is 42.5 Å². The minimum absolute atomic E-state index is 0.303. The minimum Gasteiger partial charge on any atom is -0.451 e. The molecule has 0 aliphatic heterocycles. The zero-order valence-corrected chi connectivity index (χ0v) is 16.0. The molecule has 9 nitrogen and oxygen atoms in total. The quantitative estimate of drug-likeness (QED) is 0.619. The van der Waals surface area contributed by atoms with Gasteiger partial charge in [0.15, 0.2) is 12.6 Å². The van der Waals surface area contributed by atoms with Crippen molar-refractivity contribution in [3.05, 3.63) is 59.1 Å². The van der Waals surface area contributed by atoms with Crippen molar-refractivity contribution in [2.24, 2.45) is 0 Å².